The minimum Gasteiger partial charge on any atom is -0.453 e. The first-order valence-electron chi connectivity index (χ1n) is 9.15. The van der Waals surface area contributed by atoms with Crippen LogP contribution >= 0.6 is 0 Å². The van der Waals surface area contributed by atoms with E-state index in [1.54, 1.807) is 4.90 Å². The highest BCUT2D eigenvalue weighted by Gasteiger charge is 2.32. The van der Waals surface area contributed by atoms with E-state index in [0.717, 1.165) is 5.56 Å². The summed E-state index contributed by atoms with van der Waals surface area (Å²) in [5.41, 5.74) is 0.724. The van der Waals surface area contributed by atoms with Gasteiger partial charge in [-0.25, -0.2) is 4.79 Å². The van der Waals surface area contributed by atoms with E-state index in [1.165, 1.54) is 7.11 Å². The Morgan fingerprint density at radius 1 is 1.15 bits per heavy atom. The number of alkyl carbamates (subject to hydrolysis) is 1. The number of carbonyl (C=O) groups is 3. The summed E-state index contributed by atoms with van der Waals surface area (Å²) in [5, 5.41) is 2.64. The molecule has 1 unspecified atom stereocenters. The summed E-state index contributed by atoms with van der Waals surface area (Å²) in [6.45, 7) is 5.06. The first-order valence-corrected chi connectivity index (χ1v) is 9.15. The maximum atomic E-state index is 12.8. The molecule has 1 aromatic rings. The van der Waals surface area contributed by atoms with Crippen LogP contribution in [-0.4, -0.2) is 48.9 Å². The van der Waals surface area contributed by atoms with Crippen LogP contribution in [0.3, 0.4) is 0 Å². The SMILES string of the molecule is COC(=O)NC(CC(C)C)C(=O)N1CCC(C(=O)c2ccccc2)CC1. The molecule has 1 atom stereocenters. The summed E-state index contributed by atoms with van der Waals surface area (Å²) < 4.78 is 4.63. The van der Waals surface area contributed by atoms with E-state index in [-0.39, 0.29) is 23.5 Å². The van der Waals surface area contributed by atoms with Crippen LogP contribution in [0.25, 0.3) is 0 Å². The molecule has 2 rings (SSSR count). The number of benzene rings is 1. The van der Waals surface area contributed by atoms with Gasteiger partial charge in [-0.2, -0.15) is 0 Å². The Morgan fingerprint density at radius 3 is 2.31 bits per heavy atom. The molecule has 0 aliphatic carbocycles. The van der Waals surface area contributed by atoms with E-state index in [4.69, 9.17) is 0 Å². The number of nitrogens with one attached hydrogen (secondary N) is 1. The quantitative estimate of drug-likeness (QED) is 0.792. The normalized spacial score (nSPS) is 16.2. The van der Waals surface area contributed by atoms with Gasteiger partial charge in [0.15, 0.2) is 5.78 Å². The zero-order valence-corrected chi connectivity index (χ0v) is 15.7. The molecule has 1 aliphatic rings. The van der Waals surface area contributed by atoms with E-state index >= 15 is 0 Å². The summed E-state index contributed by atoms with van der Waals surface area (Å²) in [5.74, 6) is 0.246. The van der Waals surface area contributed by atoms with E-state index in [2.05, 4.69) is 10.1 Å². The summed E-state index contributed by atoms with van der Waals surface area (Å²) in [4.78, 5) is 38.7. The van der Waals surface area contributed by atoms with Crippen molar-refractivity contribution in [3.8, 4) is 0 Å². The summed E-state index contributed by atoms with van der Waals surface area (Å²) in [6, 6.07) is 8.68. The van der Waals surface area contributed by atoms with Crippen LogP contribution in [0.2, 0.25) is 0 Å². The molecule has 6 heteroatoms. The predicted molar refractivity (Wildman–Crippen MR) is 98.9 cm³/mol. The molecule has 0 saturated carbocycles. The minimum absolute atomic E-state index is 0.0569. The minimum atomic E-state index is -0.599. The second kappa shape index (κ2) is 9.36. The third-order valence-electron chi connectivity index (χ3n) is 4.72. The maximum absolute atomic E-state index is 12.8. The number of likely N-dealkylation sites (tertiary alicyclic amines) is 1. The number of Topliss-reactive ketones (excluding diaryl/α,β-unsaturated/α-hetero) is 1. The number of hydrogen-bond donors (Lipinski definition) is 1. The molecule has 1 aromatic carbocycles. The second-order valence-corrected chi connectivity index (χ2v) is 7.15. The topological polar surface area (TPSA) is 75.7 Å². The molecule has 6 nitrogen and oxygen atoms in total. The molecule has 1 N–H and O–H groups in total. The lowest BCUT2D eigenvalue weighted by atomic mass is 9.88. The number of amides is 2. The Kier molecular flexibility index (Phi) is 7.18. The lowest BCUT2D eigenvalue weighted by Crippen LogP contribution is -2.51. The molecule has 0 aromatic heterocycles. The molecule has 1 fully saturated rings. The number of nitrogens with zero attached hydrogens (tertiary/aromatic N) is 1. The Balaban J connectivity index is 1.95. The monoisotopic (exact) mass is 360 g/mol. The molecule has 142 valence electrons. The molecule has 1 aliphatic heterocycles. The van der Waals surface area contributed by atoms with Gasteiger partial charge in [-0.3, -0.25) is 9.59 Å². The van der Waals surface area contributed by atoms with Crippen LogP contribution in [-0.2, 0) is 9.53 Å². The molecule has 1 heterocycles. The Hall–Kier alpha value is -2.37. The zero-order chi connectivity index (χ0) is 19.1. The summed E-state index contributed by atoms with van der Waals surface area (Å²) >= 11 is 0. The van der Waals surface area contributed by atoms with Crippen molar-refractivity contribution in [2.24, 2.45) is 11.8 Å². The van der Waals surface area contributed by atoms with E-state index in [0.29, 0.717) is 32.4 Å². The zero-order valence-electron chi connectivity index (χ0n) is 15.7. The average Bonchev–Trinajstić information content (AvgIpc) is 2.66. The molecule has 0 bridgehead atoms. The molecular weight excluding hydrogens is 332 g/mol. The number of ketones is 1. The van der Waals surface area contributed by atoms with Gasteiger partial charge in [0.2, 0.25) is 5.91 Å². The Labute approximate surface area is 154 Å². The van der Waals surface area contributed by atoms with Gasteiger partial charge in [0, 0.05) is 24.6 Å². The number of piperidine rings is 1. The number of carbonyl (C=O) groups excluding carboxylic acids is 3. The van der Waals surface area contributed by atoms with Crippen molar-refractivity contribution in [3.63, 3.8) is 0 Å². The van der Waals surface area contributed by atoms with E-state index < -0.39 is 12.1 Å². The predicted octanol–water partition coefficient (Wildman–Crippen LogP) is 2.88. The Bertz CT molecular complexity index is 622. The number of rotatable bonds is 6. The fourth-order valence-electron chi connectivity index (χ4n) is 3.31. The summed E-state index contributed by atoms with van der Waals surface area (Å²) in [6.07, 6.45) is 1.24. The van der Waals surface area contributed by atoms with Gasteiger partial charge in [0.05, 0.1) is 7.11 Å². The molecule has 26 heavy (non-hydrogen) atoms. The van der Waals surface area contributed by atoms with Gasteiger partial charge in [0.1, 0.15) is 6.04 Å². The standard InChI is InChI=1S/C20H28N2O4/c1-14(2)13-17(21-20(25)26-3)19(24)22-11-9-16(10-12-22)18(23)15-7-5-4-6-8-15/h4-8,14,16-17H,9-13H2,1-3H3,(H,21,25). The van der Waals surface area contributed by atoms with Crippen LogP contribution in [0.4, 0.5) is 4.79 Å². The van der Waals surface area contributed by atoms with Crippen molar-refractivity contribution in [2.45, 2.75) is 39.2 Å². The maximum Gasteiger partial charge on any atom is 0.407 e. The van der Waals surface area contributed by atoms with Gasteiger partial charge >= 0.3 is 6.09 Å². The van der Waals surface area contributed by atoms with Gasteiger partial charge in [-0.1, -0.05) is 44.2 Å². The smallest absolute Gasteiger partial charge is 0.407 e. The van der Waals surface area contributed by atoms with Crippen molar-refractivity contribution >= 4 is 17.8 Å². The molecule has 0 radical (unpaired) electrons. The van der Waals surface area contributed by atoms with Crippen LogP contribution in [0.1, 0.15) is 43.5 Å². The van der Waals surface area contributed by atoms with Crippen LogP contribution in [0, 0.1) is 11.8 Å². The second-order valence-electron chi connectivity index (χ2n) is 7.15. The van der Waals surface area contributed by atoms with Gasteiger partial charge in [-0.05, 0) is 25.2 Å². The fraction of sp³-hybridized carbons (Fsp3) is 0.550. The Morgan fingerprint density at radius 2 is 1.77 bits per heavy atom. The molecule has 0 spiro atoms. The van der Waals surface area contributed by atoms with E-state index in [9.17, 15) is 14.4 Å². The third-order valence-corrected chi connectivity index (χ3v) is 4.72. The molecular formula is C20H28N2O4. The number of ether oxygens (including phenoxy) is 1. The molecule has 1 saturated heterocycles. The lowest BCUT2D eigenvalue weighted by Gasteiger charge is -2.34. The molecule has 2 amide bonds. The van der Waals surface area contributed by atoms with Crippen LogP contribution < -0.4 is 5.32 Å². The first kappa shape index (κ1) is 19.9. The summed E-state index contributed by atoms with van der Waals surface area (Å²) in [7, 11) is 1.28. The van der Waals surface area contributed by atoms with Gasteiger partial charge in [-0.15, -0.1) is 0 Å². The van der Waals surface area contributed by atoms with Crippen molar-refractivity contribution in [1.82, 2.24) is 10.2 Å². The highest BCUT2D eigenvalue weighted by Crippen LogP contribution is 2.23. The lowest BCUT2D eigenvalue weighted by molar-refractivity contribution is -0.135. The highest BCUT2D eigenvalue weighted by molar-refractivity contribution is 5.98. The fourth-order valence-corrected chi connectivity index (χ4v) is 3.31. The third kappa shape index (κ3) is 5.31. The van der Waals surface area contributed by atoms with Crippen molar-refractivity contribution in [2.75, 3.05) is 20.2 Å². The van der Waals surface area contributed by atoms with Crippen LogP contribution in [0.15, 0.2) is 30.3 Å². The average molecular weight is 360 g/mol. The number of methoxy groups -OCH3 is 1. The van der Waals surface area contributed by atoms with Gasteiger partial charge < -0.3 is 15.0 Å². The van der Waals surface area contributed by atoms with Gasteiger partial charge in [0.25, 0.3) is 0 Å². The van der Waals surface area contributed by atoms with E-state index in [1.807, 2.05) is 44.2 Å². The highest BCUT2D eigenvalue weighted by atomic mass is 16.5. The largest absolute Gasteiger partial charge is 0.453 e. The number of hydrogen-bond acceptors (Lipinski definition) is 4. The van der Waals surface area contributed by atoms with Crippen LogP contribution in [0.5, 0.6) is 0 Å². The van der Waals surface area contributed by atoms with Crippen molar-refractivity contribution in [3.05, 3.63) is 35.9 Å². The first-order chi connectivity index (χ1) is 12.4. The van der Waals surface area contributed by atoms with Crippen molar-refractivity contribution < 1.29 is 19.1 Å². The van der Waals surface area contributed by atoms with Crippen molar-refractivity contribution in [1.29, 1.82) is 0 Å².